The molecule has 0 saturated carbocycles. The summed E-state index contributed by atoms with van der Waals surface area (Å²) in [7, 11) is -3.20. The molecule has 0 amide bonds. The van der Waals surface area contributed by atoms with Gasteiger partial charge >= 0.3 is 0 Å². The van der Waals surface area contributed by atoms with Crippen LogP contribution in [0.4, 0.5) is 0 Å². The van der Waals surface area contributed by atoms with Gasteiger partial charge < -0.3 is 10.6 Å². The van der Waals surface area contributed by atoms with Crippen LogP contribution in [-0.4, -0.2) is 33.7 Å². The molecule has 0 radical (unpaired) electrons. The molecule has 0 spiro atoms. The molecule has 0 aromatic heterocycles. The first kappa shape index (κ1) is 22.0. The van der Waals surface area contributed by atoms with Crippen LogP contribution in [0.3, 0.4) is 0 Å². The molecule has 0 unspecified atom stereocenters. The molecule has 2 rings (SSSR count). The molecule has 2 aromatic carbocycles. The first-order valence-corrected chi connectivity index (χ1v) is 11.5. The fraction of sp³-hybridized carbons (Fsp3) is 0.409. The number of hydrogen-bond acceptors (Lipinski definition) is 3. The molecule has 152 valence electrons. The highest BCUT2D eigenvalue weighted by Gasteiger charge is 2.10. The number of aliphatic imine (C=N–C) groups is 1. The molecule has 0 aliphatic carbocycles. The summed E-state index contributed by atoms with van der Waals surface area (Å²) < 4.78 is 23.5. The van der Waals surface area contributed by atoms with Gasteiger partial charge in [0.1, 0.15) is 0 Å². The fourth-order valence-electron chi connectivity index (χ4n) is 3.18. The lowest BCUT2D eigenvalue weighted by Crippen LogP contribution is -2.38. The van der Waals surface area contributed by atoms with E-state index in [2.05, 4.69) is 47.7 Å². The standard InChI is InChI=1S/C22H31N3O2S/c1-6-23-22(24-12-11-20-9-7-16(2)13-17(20)3)25-15-19-8-10-21(18(4)14-19)28(5,26)27/h7-10,13-14H,6,11-12,15H2,1-5H3,(H2,23,24,25). The maximum atomic E-state index is 11.7. The van der Waals surface area contributed by atoms with E-state index < -0.39 is 9.84 Å². The third-order valence-corrected chi connectivity index (χ3v) is 5.84. The van der Waals surface area contributed by atoms with Crippen molar-refractivity contribution >= 4 is 15.8 Å². The average Bonchev–Trinajstić information content (AvgIpc) is 2.60. The summed E-state index contributed by atoms with van der Waals surface area (Å²) in [5.41, 5.74) is 5.66. The van der Waals surface area contributed by atoms with E-state index in [1.807, 2.05) is 26.0 Å². The Morgan fingerprint density at radius 3 is 2.36 bits per heavy atom. The Bertz CT molecular complexity index is 950. The topological polar surface area (TPSA) is 70.6 Å². The summed E-state index contributed by atoms with van der Waals surface area (Å²) in [5.74, 6) is 0.761. The summed E-state index contributed by atoms with van der Waals surface area (Å²) in [5, 5.41) is 6.63. The number of nitrogens with zero attached hydrogens (tertiary/aromatic N) is 1. The van der Waals surface area contributed by atoms with Crippen LogP contribution < -0.4 is 10.6 Å². The van der Waals surface area contributed by atoms with Crippen LogP contribution in [-0.2, 0) is 22.8 Å². The van der Waals surface area contributed by atoms with Gasteiger partial charge in [-0.2, -0.15) is 0 Å². The Kier molecular flexibility index (Phi) is 7.63. The molecular weight excluding hydrogens is 370 g/mol. The first-order valence-electron chi connectivity index (χ1n) is 9.58. The van der Waals surface area contributed by atoms with Crippen molar-refractivity contribution in [2.24, 2.45) is 4.99 Å². The molecule has 0 atom stereocenters. The van der Waals surface area contributed by atoms with Crippen LogP contribution in [0.2, 0.25) is 0 Å². The zero-order valence-electron chi connectivity index (χ0n) is 17.5. The molecule has 0 aliphatic rings. The monoisotopic (exact) mass is 401 g/mol. The Morgan fingerprint density at radius 2 is 1.75 bits per heavy atom. The second-order valence-electron chi connectivity index (χ2n) is 7.17. The number of nitrogens with one attached hydrogen (secondary N) is 2. The van der Waals surface area contributed by atoms with E-state index in [4.69, 9.17) is 0 Å². The van der Waals surface area contributed by atoms with Crippen LogP contribution in [0.1, 0.15) is 34.7 Å². The highest BCUT2D eigenvalue weighted by Crippen LogP contribution is 2.17. The Balaban J connectivity index is 2.01. The lowest BCUT2D eigenvalue weighted by Gasteiger charge is -2.13. The second-order valence-corrected chi connectivity index (χ2v) is 9.16. The summed E-state index contributed by atoms with van der Waals surface area (Å²) in [6, 6.07) is 11.9. The van der Waals surface area contributed by atoms with Crippen molar-refractivity contribution in [2.75, 3.05) is 19.3 Å². The third kappa shape index (κ3) is 6.37. The van der Waals surface area contributed by atoms with Gasteiger partial charge in [-0.25, -0.2) is 13.4 Å². The maximum absolute atomic E-state index is 11.7. The van der Waals surface area contributed by atoms with Gasteiger partial charge in [-0.15, -0.1) is 0 Å². The number of hydrogen-bond donors (Lipinski definition) is 2. The average molecular weight is 402 g/mol. The van der Waals surface area contributed by atoms with Gasteiger partial charge in [-0.3, -0.25) is 0 Å². The van der Waals surface area contributed by atoms with Crippen molar-refractivity contribution in [1.29, 1.82) is 0 Å². The SMILES string of the molecule is CCNC(=NCc1ccc(S(C)(=O)=O)c(C)c1)NCCc1ccc(C)cc1C. The smallest absolute Gasteiger partial charge is 0.191 e. The molecule has 0 saturated heterocycles. The fourth-order valence-corrected chi connectivity index (χ4v) is 4.14. The molecule has 5 nitrogen and oxygen atoms in total. The number of benzene rings is 2. The minimum absolute atomic E-state index is 0.374. The van der Waals surface area contributed by atoms with E-state index in [0.717, 1.165) is 36.6 Å². The van der Waals surface area contributed by atoms with Crippen LogP contribution in [0, 0.1) is 20.8 Å². The molecule has 0 heterocycles. The van der Waals surface area contributed by atoms with Gasteiger partial charge in [-0.05, 0) is 62.4 Å². The van der Waals surface area contributed by atoms with Crippen molar-refractivity contribution in [3.8, 4) is 0 Å². The normalized spacial score (nSPS) is 12.1. The number of sulfone groups is 1. The van der Waals surface area contributed by atoms with Crippen LogP contribution in [0.15, 0.2) is 46.3 Å². The Morgan fingerprint density at radius 1 is 1.00 bits per heavy atom. The van der Waals surface area contributed by atoms with Crippen molar-refractivity contribution in [1.82, 2.24) is 10.6 Å². The second kappa shape index (κ2) is 9.73. The van der Waals surface area contributed by atoms with E-state index >= 15 is 0 Å². The zero-order valence-corrected chi connectivity index (χ0v) is 18.3. The van der Waals surface area contributed by atoms with Gasteiger partial charge in [0.15, 0.2) is 15.8 Å². The largest absolute Gasteiger partial charge is 0.357 e. The number of guanidine groups is 1. The highest BCUT2D eigenvalue weighted by atomic mass is 32.2. The van der Waals surface area contributed by atoms with Gasteiger partial charge in [0.25, 0.3) is 0 Å². The minimum atomic E-state index is -3.20. The summed E-state index contributed by atoms with van der Waals surface area (Å²) >= 11 is 0. The Labute approximate surface area is 169 Å². The third-order valence-electron chi connectivity index (χ3n) is 4.59. The lowest BCUT2D eigenvalue weighted by molar-refractivity contribution is 0.601. The van der Waals surface area contributed by atoms with Gasteiger partial charge in [0.05, 0.1) is 11.4 Å². The number of rotatable bonds is 7. The number of aryl methyl sites for hydroxylation is 3. The Hall–Kier alpha value is -2.34. The molecule has 0 fully saturated rings. The van der Waals surface area contributed by atoms with E-state index in [1.165, 1.54) is 22.9 Å². The zero-order chi connectivity index (χ0) is 20.7. The molecule has 2 aromatic rings. The van der Waals surface area contributed by atoms with Crippen molar-refractivity contribution in [3.63, 3.8) is 0 Å². The molecule has 2 N–H and O–H groups in total. The van der Waals surface area contributed by atoms with Crippen LogP contribution in [0.25, 0.3) is 0 Å². The lowest BCUT2D eigenvalue weighted by atomic mass is 10.0. The summed E-state index contributed by atoms with van der Waals surface area (Å²) in [4.78, 5) is 5.00. The molecular formula is C22H31N3O2S. The minimum Gasteiger partial charge on any atom is -0.357 e. The van der Waals surface area contributed by atoms with Gasteiger partial charge in [-0.1, -0.05) is 35.9 Å². The first-order chi connectivity index (χ1) is 13.2. The van der Waals surface area contributed by atoms with Crippen molar-refractivity contribution < 1.29 is 8.42 Å². The quantitative estimate of drug-likeness (QED) is 0.552. The van der Waals surface area contributed by atoms with Gasteiger partial charge in [0.2, 0.25) is 0 Å². The molecule has 28 heavy (non-hydrogen) atoms. The predicted octanol–water partition coefficient (Wildman–Crippen LogP) is 3.31. The van der Waals surface area contributed by atoms with E-state index in [0.29, 0.717) is 11.4 Å². The summed E-state index contributed by atoms with van der Waals surface area (Å²) in [6.07, 6.45) is 2.16. The van der Waals surface area contributed by atoms with E-state index in [-0.39, 0.29) is 0 Å². The van der Waals surface area contributed by atoms with E-state index in [9.17, 15) is 8.42 Å². The van der Waals surface area contributed by atoms with Gasteiger partial charge in [0, 0.05) is 19.3 Å². The summed E-state index contributed by atoms with van der Waals surface area (Å²) in [6.45, 7) is 10.2. The molecule has 6 heteroatoms. The van der Waals surface area contributed by atoms with Crippen LogP contribution >= 0.6 is 0 Å². The molecule has 0 bridgehead atoms. The van der Waals surface area contributed by atoms with Crippen molar-refractivity contribution in [2.45, 2.75) is 45.6 Å². The van der Waals surface area contributed by atoms with Crippen LogP contribution in [0.5, 0.6) is 0 Å². The predicted molar refractivity (Wildman–Crippen MR) is 117 cm³/mol. The molecule has 0 aliphatic heterocycles. The van der Waals surface area contributed by atoms with Crippen molar-refractivity contribution in [3.05, 3.63) is 64.2 Å². The highest BCUT2D eigenvalue weighted by molar-refractivity contribution is 7.90. The maximum Gasteiger partial charge on any atom is 0.191 e. The van der Waals surface area contributed by atoms with E-state index in [1.54, 1.807) is 6.07 Å².